The molecule has 5 nitrogen and oxygen atoms in total. The van der Waals surface area contributed by atoms with Gasteiger partial charge in [-0.25, -0.2) is 0 Å². The van der Waals surface area contributed by atoms with Crippen LogP contribution in [0.15, 0.2) is 59.8 Å². The van der Waals surface area contributed by atoms with Gasteiger partial charge >= 0.3 is 5.97 Å². The largest absolute Gasteiger partial charge is 0.465 e. The highest BCUT2D eigenvalue weighted by molar-refractivity contribution is 6.09. The number of carbonyl (C=O) groups excluding carboxylic acids is 2. The molecule has 1 fully saturated rings. The Hall–Kier alpha value is -2.92. The van der Waals surface area contributed by atoms with Crippen molar-refractivity contribution in [3.63, 3.8) is 0 Å². The third kappa shape index (κ3) is 4.10. The molecule has 0 radical (unpaired) electrons. The lowest BCUT2D eigenvalue weighted by atomic mass is 9.93. The normalized spacial score (nSPS) is 15.3. The molecular weight excluding hydrogens is 366 g/mol. The highest BCUT2D eigenvalue weighted by atomic mass is 16.5. The molecule has 5 heteroatoms. The first-order valence-electron chi connectivity index (χ1n) is 9.88. The minimum Gasteiger partial charge on any atom is -0.465 e. The number of carbonyl (C=O) groups is 2. The molecule has 0 aliphatic heterocycles. The quantitative estimate of drug-likeness (QED) is 0.407. The standard InChI is InChI=1S/C24H27NO4/c1-4-29-23(28)24(13-14-24)20-11-9-18(10-12-20)17-5-7-19(8-6-17)22(27)21(15-26)16(2)25-3/h5-12,25-26H,4,13-15H2,1-3H3. The van der Waals surface area contributed by atoms with Gasteiger partial charge in [-0.15, -0.1) is 0 Å². The summed E-state index contributed by atoms with van der Waals surface area (Å²) >= 11 is 0. The summed E-state index contributed by atoms with van der Waals surface area (Å²) in [6, 6.07) is 15.3. The van der Waals surface area contributed by atoms with E-state index in [1.54, 1.807) is 26.1 Å². The zero-order valence-corrected chi connectivity index (χ0v) is 17.1. The van der Waals surface area contributed by atoms with Gasteiger partial charge in [-0.3, -0.25) is 9.59 Å². The van der Waals surface area contributed by atoms with Gasteiger partial charge in [0.15, 0.2) is 5.78 Å². The lowest BCUT2D eigenvalue weighted by molar-refractivity contribution is -0.146. The van der Waals surface area contributed by atoms with Gasteiger partial charge in [0.2, 0.25) is 0 Å². The molecule has 152 valence electrons. The Morgan fingerprint density at radius 2 is 1.59 bits per heavy atom. The Kier molecular flexibility index (Phi) is 6.18. The van der Waals surface area contributed by atoms with E-state index in [1.165, 1.54) is 0 Å². The first-order valence-corrected chi connectivity index (χ1v) is 9.88. The van der Waals surface area contributed by atoms with E-state index in [0.29, 0.717) is 23.4 Å². The molecular formula is C24H27NO4. The van der Waals surface area contributed by atoms with Crippen LogP contribution in [0.2, 0.25) is 0 Å². The van der Waals surface area contributed by atoms with Crippen molar-refractivity contribution in [1.82, 2.24) is 5.32 Å². The summed E-state index contributed by atoms with van der Waals surface area (Å²) in [6.07, 6.45) is 1.66. The monoisotopic (exact) mass is 393 g/mol. The number of esters is 1. The summed E-state index contributed by atoms with van der Waals surface area (Å²) in [5.41, 5.74) is 4.06. The van der Waals surface area contributed by atoms with Gasteiger partial charge in [-0.1, -0.05) is 48.5 Å². The fourth-order valence-corrected chi connectivity index (χ4v) is 3.49. The van der Waals surface area contributed by atoms with E-state index in [0.717, 1.165) is 29.5 Å². The van der Waals surface area contributed by atoms with Crippen LogP contribution in [0.3, 0.4) is 0 Å². The van der Waals surface area contributed by atoms with E-state index in [-0.39, 0.29) is 18.4 Å². The zero-order valence-electron chi connectivity index (χ0n) is 17.1. The molecule has 0 atom stereocenters. The molecule has 2 aromatic carbocycles. The average Bonchev–Trinajstić information content (AvgIpc) is 3.56. The maximum absolute atomic E-state index is 12.6. The number of hydrogen-bond acceptors (Lipinski definition) is 5. The van der Waals surface area contributed by atoms with Crippen LogP contribution < -0.4 is 5.32 Å². The van der Waals surface area contributed by atoms with Crippen molar-refractivity contribution < 1.29 is 19.4 Å². The Balaban J connectivity index is 1.79. The molecule has 3 rings (SSSR count). The molecule has 29 heavy (non-hydrogen) atoms. The number of ketones is 1. The van der Waals surface area contributed by atoms with E-state index >= 15 is 0 Å². The van der Waals surface area contributed by atoms with Crippen LogP contribution in [0.4, 0.5) is 0 Å². The molecule has 0 bridgehead atoms. The van der Waals surface area contributed by atoms with Crippen molar-refractivity contribution in [2.45, 2.75) is 32.1 Å². The van der Waals surface area contributed by atoms with Crippen LogP contribution in [0.5, 0.6) is 0 Å². The highest BCUT2D eigenvalue weighted by Gasteiger charge is 2.52. The first kappa shape index (κ1) is 20.8. The van der Waals surface area contributed by atoms with Crippen LogP contribution in [0.1, 0.15) is 42.6 Å². The maximum atomic E-state index is 12.6. The Morgan fingerprint density at radius 1 is 1.03 bits per heavy atom. The van der Waals surface area contributed by atoms with Gasteiger partial charge in [0.05, 0.1) is 18.6 Å². The van der Waals surface area contributed by atoms with Gasteiger partial charge in [-0.2, -0.15) is 0 Å². The fourth-order valence-electron chi connectivity index (χ4n) is 3.49. The topological polar surface area (TPSA) is 75.6 Å². The minimum absolute atomic E-state index is 0.139. The highest BCUT2D eigenvalue weighted by Crippen LogP contribution is 2.49. The van der Waals surface area contributed by atoms with Gasteiger partial charge in [-0.05, 0) is 43.4 Å². The third-order valence-corrected chi connectivity index (χ3v) is 5.59. The smallest absolute Gasteiger partial charge is 0.316 e. The molecule has 1 saturated carbocycles. The van der Waals surface area contributed by atoms with Gasteiger partial charge in [0.25, 0.3) is 0 Å². The van der Waals surface area contributed by atoms with Crippen molar-refractivity contribution in [2.24, 2.45) is 0 Å². The van der Waals surface area contributed by atoms with E-state index in [4.69, 9.17) is 4.74 Å². The number of nitrogens with one attached hydrogen (secondary N) is 1. The molecule has 1 aliphatic rings. The number of hydrogen-bond donors (Lipinski definition) is 2. The van der Waals surface area contributed by atoms with Gasteiger partial charge in [0.1, 0.15) is 0 Å². The number of aliphatic hydroxyl groups is 1. The summed E-state index contributed by atoms with van der Waals surface area (Å²) in [7, 11) is 1.72. The molecule has 2 aromatic rings. The zero-order chi connectivity index (χ0) is 21.0. The van der Waals surface area contributed by atoms with E-state index < -0.39 is 5.41 Å². The third-order valence-electron chi connectivity index (χ3n) is 5.59. The van der Waals surface area contributed by atoms with Crippen LogP contribution in [0.25, 0.3) is 11.1 Å². The summed E-state index contributed by atoms with van der Waals surface area (Å²) < 4.78 is 5.23. The van der Waals surface area contributed by atoms with Crippen LogP contribution in [-0.2, 0) is 14.9 Å². The van der Waals surface area contributed by atoms with Crippen molar-refractivity contribution in [1.29, 1.82) is 0 Å². The number of Topliss-reactive ketones (excluding diaryl/α,β-unsaturated/α-hetero) is 1. The molecule has 0 amide bonds. The first-order chi connectivity index (χ1) is 14.0. The van der Waals surface area contributed by atoms with E-state index in [9.17, 15) is 14.7 Å². The summed E-state index contributed by atoms with van der Waals surface area (Å²) in [4.78, 5) is 24.9. The second-order valence-corrected chi connectivity index (χ2v) is 7.30. The van der Waals surface area contributed by atoms with Crippen LogP contribution >= 0.6 is 0 Å². The molecule has 2 N–H and O–H groups in total. The van der Waals surface area contributed by atoms with E-state index in [1.807, 2.05) is 43.3 Å². The maximum Gasteiger partial charge on any atom is 0.316 e. The summed E-state index contributed by atoms with van der Waals surface area (Å²) in [5.74, 6) is -0.327. The number of aliphatic hydroxyl groups excluding tert-OH is 1. The molecule has 0 spiro atoms. The molecule has 1 aliphatic carbocycles. The number of rotatable bonds is 8. The summed E-state index contributed by atoms with van der Waals surface area (Å²) in [5, 5.41) is 12.4. The van der Waals surface area contributed by atoms with E-state index in [2.05, 4.69) is 5.32 Å². The van der Waals surface area contributed by atoms with Crippen molar-refractivity contribution in [3.8, 4) is 11.1 Å². The number of ether oxygens (including phenoxy) is 1. The lowest BCUT2D eigenvalue weighted by Gasteiger charge is -2.15. The second kappa shape index (κ2) is 8.62. The second-order valence-electron chi connectivity index (χ2n) is 7.30. The molecule has 0 unspecified atom stereocenters. The van der Waals surface area contributed by atoms with Crippen molar-refractivity contribution in [2.75, 3.05) is 20.3 Å². The predicted octanol–water partition coefficient (Wildman–Crippen LogP) is 3.62. The number of benzene rings is 2. The Labute approximate surface area is 171 Å². The molecule has 0 aromatic heterocycles. The van der Waals surface area contributed by atoms with Crippen molar-refractivity contribution >= 4 is 11.8 Å². The van der Waals surface area contributed by atoms with Gasteiger partial charge < -0.3 is 15.2 Å². The Bertz CT molecular complexity index is 922. The lowest BCUT2D eigenvalue weighted by Crippen LogP contribution is -2.23. The van der Waals surface area contributed by atoms with Crippen molar-refractivity contribution in [3.05, 3.63) is 70.9 Å². The summed E-state index contributed by atoms with van der Waals surface area (Å²) in [6.45, 7) is 3.68. The minimum atomic E-state index is -0.469. The molecule has 0 saturated heterocycles. The fraction of sp³-hybridized carbons (Fsp3) is 0.333. The van der Waals surface area contributed by atoms with Gasteiger partial charge in [0, 0.05) is 23.9 Å². The van der Waals surface area contributed by atoms with Crippen LogP contribution in [0, 0.1) is 0 Å². The number of allylic oxidation sites excluding steroid dienone is 1. The Morgan fingerprint density at radius 3 is 2.03 bits per heavy atom. The average molecular weight is 393 g/mol. The van der Waals surface area contributed by atoms with Crippen LogP contribution in [-0.4, -0.2) is 37.1 Å². The SMILES string of the molecule is CCOC(=O)C1(c2ccc(-c3ccc(C(=O)C(CO)=C(C)NC)cc3)cc2)CC1. The predicted molar refractivity (Wildman–Crippen MR) is 113 cm³/mol. The molecule has 0 heterocycles.